The number of likely N-dealkylation sites (N-methyl/N-ethyl adjacent to an activating group) is 1. The van der Waals surface area contributed by atoms with Crippen LogP contribution in [0.2, 0.25) is 0 Å². The summed E-state index contributed by atoms with van der Waals surface area (Å²) in [6.07, 6.45) is 1.95. The highest BCUT2D eigenvalue weighted by molar-refractivity contribution is 7.98. The average Bonchev–Trinajstić information content (AvgIpc) is 2.29. The van der Waals surface area contributed by atoms with Crippen LogP contribution >= 0.6 is 11.8 Å². The van der Waals surface area contributed by atoms with E-state index in [1.807, 2.05) is 43.6 Å². The number of rotatable bonds is 6. The second-order valence-electron chi connectivity index (χ2n) is 3.90. The molecule has 0 aliphatic rings. The lowest BCUT2D eigenvalue weighted by molar-refractivity contribution is -0.144. The van der Waals surface area contributed by atoms with Crippen LogP contribution in [0.1, 0.15) is 6.92 Å². The Morgan fingerprint density at radius 2 is 2.06 bits per heavy atom. The lowest BCUT2D eigenvalue weighted by atomic mass is 10.3. The molecule has 1 atom stereocenters. The fourth-order valence-corrected chi connectivity index (χ4v) is 2.18. The van der Waals surface area contributed by atoms with E-state index in [0.29, 0.717) is 6.54 Å². The first-order chi connectivity index (χ1) is 8.13. The second kappa shape index (κ2) is 7.22. The molecule has 0 fully saturated rings. The van der Waals surface area contributed by atoms with E-state index in [-0.39, 0.29) is 12.1 Å². The van der Waals surface area contributed by atoms with Gasteiger partial charge < -0.3 is 9.64 Å². The Labute approximate surface area is 107 Å². The van der Waals surface area contributed by atoms with Gasteiger partial charge in [0, 0.05) is 25.4 Å². The van der Waals surface area contributed by atoms with Crippen LogP contribution < -0.4 is 4.90 Å². The average molecular weight is 253 g/mol. The van der Waals surface area contributed by atoms with Crippen LogP contribution in [0.5, 0.6) is 0 Å². The van der Waals surface area contributed by atoms with Crippen LogP contribution in [-0.4, -0.2) is 37.7 Å². The molecule has 0 N–H and O–H groups in total. The highest BCUT2D eigenvalue weighted by Crippen LogP contribution is 2.13. The fourth-order valence-electron chi connectivity index (χ4n) is 1.64. The molecule has 17 heavy (non-hydrogen) atoms. The molecule has 0 bridgehead atoms. The minimum absolute atomic E-state index is 0.0623. The van der Waals surface area contributed by atoms with Gasteiger partial charge in [0.15, 0.2) is 0 Å². The summed E-state index contributed by atoms with van der Waals surface area (Å²) < 4.78 is 5.28. The zero-order valence-corrected chi connectivity index (χ0v) is 11.4. The number of hydrogen-bond donors (Lipinski definition) is 0. The minimum Gasteiger partial charge on any atom is -0.460 e. The summed E-state index contributed by atoms with van der Waals surface area (Å²) >= 11 is 1.69. The monoisotopic (exact) mass is 253 g/mol. The van der Waals surface area contributed by atoms with Crippen molar-refractivity contribution in [2.75, 3.05) is 30.5 Å². The zero-order chi connectivity index (χ0) is 12.7. The van der Waals surface area contributed by atoms with Crippen molar-refractivity contribution in [3.8, 4) is 0 Å². The molecule has 0 aliphatic heterocycles. The maximum Gasteiger partial charge on any atom is 0.302 e. The fraction of sp³-hybridized carbons (Fsp3) is 0.462. The standard InChI is InChI=1S/C13H19NO2S/c1-11(15)16-13(10-17-3)9-14(2)12-7-5-4-6-8-12/h4-8,13H,9-10H2,1-3H3. The van der Waals surface area contributed by atoms with Gasteiger partial charge in [0.05, 0.1) is 6.54 Å². The van der Waals surface area contributed by atoms with Crippen molar-refractivity contribution < 1.29 is 9.53 Å². The molecule has 0 saturated heterocycles. The topological polar surface area (TPSA) is 29.5 Å². The van der Waals surface area contributed by atoms with Crippen molar-refractivity contribution in [3.63, 3.8) is 0 Å². The van der Waals surface area contributed by atoms with E-state index in [1.54, 1.807) is 11.8 Å². The van der Waals surface area contributed by atoms with E-state index in [9.17, 15) is 4.79 Å². The molecular weight excluding hydrogens is 234 g/mol. The molecule has 94 valence electrons. The van der Waals surface area contributed by atoms with E-state index in [4.69, 9.17) is 4.74 Å². The molecule has 1 aromatic carbocycles. The number of esters is 1. The smallest absolute Gasteiger partial charge is 0.302 e. The maximum atomic E-state index is 11.0. The Hall–Kier alpha value is -1.16. The number of anilines is 1. The summed E-state index contributed by atoms with van der Waals surface area (Å²) in [6.45, 7) is 2.17. The van der Waals surface area contributed by atoms with Gasteiger partial charge in [0.1, 0.15) is 6.10 Å². The summed E-state index contributed by atoms with van der Waals surface area (Å²) in [5.41, 5.74) is 1.13. The van der Waals surface area contributed by atoms with E-state index < -0.39 is 0 Å². The van der Waals surface area contributed by atoms with Crippen molar-refractivity contribution in [1.29, 1.82) is 0 Å². The highest BCUT2D eigenvalue weighted by atomic mass is 32.2. The molecule has 0 radical (unpaired) electrons. The number of benzene rings is 1. The van der Waals surface area contributed by atoms with Gasteiger partial charge in [0.2, 0.25) is 0 Å². The molecule has 0 saturated carbocycles. The predicted molar refractivity (Wildman–Crippen MR) is 73.6 cm³/mol. The molecule has 3 nitrogen and oxygen atoms in total. The Kier molecular flexibility index (Phi) is 5.91. The quantitative estimate of drug-likeness (QED) is 0.728. The third-order valence-electron chi connectivity index (χ3n) is 2.36. The molecule has 0 aromatic heterocycles. The van der Waals surface area contributed by atoms with Crippen LogP contribution in [0.15, 0.2) is 30.3 Å². The first-order valence-electron chi connectivity index (χ1n) is 5.56. The van der Waals surface area contributed by atoms with E-state index in [0.717, 1.165) is 11.4 Å². The van der Waals surface area contributed by atoms with Gasteiger partial charge in [-0.1, -0.05) is 18.2 Å². The normalized spacial score (nSPS) is 11.9. The highest BCUT2D eigenvalue weighted by Gasteiger charge is 2.14. The summed E-state index contributed by atoms with van der Waals surface area (Å²) in [7, 11) is 2.01. The third kappa shape index (κ3) is 5.13. The van der Waals surface area contributed by atoms with Gasteiger partial charge in [-0.05, 0) is 18.4 Å². The Balaban J connectivity index is 2.57. The van der Waals surface area contributed by atoms with Gasteiger partial charge in [0.25, 0.3) is 0 Å². The molecule has 0 aliphatic carbocycles. The number of para-hydroxylation sites is 1. The lowest BCUT2D eigenvalue weighted by Crippen LogP contribution is -2.33. The van der Waals surface area contributed by atoms with Crippen molar-refractivity contribution in [1.82, 2.24) is 0 Å². The minimum atomic E-state index is -0.217. The molecule has 0 heterocycles. The van der Waals surface area contributed by atoms with Gasteiger partial charge in [-0.25, -0.2) is 0 Å². The number of hydrogen-bond acceptors (Lipinski definition) is 4. The van der Waals surface area contributed by atoms with E-state index in [1.165, 1.54) is 6.92 Å². The Morgan fingerprint density at radius 3 is 2.59 bits per heavy atom. The number of carbonyl (C=O) groups is 1. The Morgan fingerprint density at radius 1 is 1.41 bits per heavy atom. The second-order valence-corrected chi connectivity index (χ2v) is 4.81. The van der Waals surface area contributed by atoms with Crippen molar-refractivity contribution >= 4 is 23.4 Å². The van der Waals surface area contributed by atoms with Crippen LogP contribution in [0, 0.1) is 0 Å². The predicted octanol–water partition coefficient (Wildman–Crippen LogP) is 2.42. The van der Waals surface area contributed by atoms with Gasteiger partial charge in [-0.15, -0.1) is 0 Å². The SMILES string of the molecule is CSCC(CN(C)c1ccccc1)OC(C)=O. The number of carbonyl (C=O) groups excluding carboxylic acids is 1. The van der Waals surface area contributed by atoms with Crippen molar-refractivity contribution in [2.45, 2.75) is 13.0 Å². The maximum absolute atomic E-state index is 11.0. The Bertz CT molecular complexity index is 343. The van der Waals surface area contributed by atoms with Gasteiger partial charge in [-0.2, -0.15) is 11.8 Å². The molecular formula is C13H19NO2S. The van der Waals surface area contributed by atoms with Gasteiger partial charge in [-0.3, -0.25) is 4.79 Å². The molecule has 1 unspecified atom stereocenters. The molecule has 0 amide bonds. The molecule has 1 rings (SSSR count). The van der Waals surface area contributed by atoms with Crippen molar-refractivity contribution in [2.24, 2.45) is 0 Å². The molecule has 0 spiro atoms. The van der Waals surface area contributed by atoms with Crippen LogP contribution in [0.25, 0.3) is 0 Å². The zero-order valence-electron chi connectivity index (χ0n) is 10.6. The summed E-state index contributed by atoms with van der Waals surface area (Å²) in [6, 6.07) is 10.1. The van der Waals surface area contributed by atoms with Gasteiger partial charge >= 0.3 is 5.97 Å². The van der Waals surface area contributed by atoms with Crippen molar-refractivity contribution in [3.05, 3.63) is 30.3 Å². The molecule has 1 aromatic rings. The van der Waals surface area contributed by atoms with E-state index in [2.05, 4.69) is 4.90 Å². The lowest BCUT2D eigenvalue weighted by Gasteiger charge is -2.25. The van der Waals surface area contributed by atoms with Crippen LogP contribution in [-0.2, 0) is 9.53 Å². The van der Waals surface area contributed by atoms with E-state index >= 15 is 0 Å². The number of thioether (sulfide) groups is 1. The first kappa shape index (κ1) is 13.9. The summed E-state index contributed by atoms with van der Waals surface area (Å²) in [5.74, 6) is 0.599. The summed E-state index contributed by atoms with van der Waals surface area (Å²) in [4.78, 5) is 13.1. The van der Waals surface area contributed by atoms with Crippen LogP contribution in [0.4, 0.5) is 5.69 Å². The van der Waals surface area contributed by atoms with Crippen LogP contribution in [0.3, 0.4) is 0 Å². The largest absolute Gasteiger partial charge is 0.460 e. The number of ether oxygens (including phenoxy) is 1. The summed E-state index contributed by atoms with van der Waals surface area (Å²) in [5, 5.41) is 0. The number of nitrogens with zero attached hydrogens (tertiary/aromatic N) is 1. The molecule has 4 heteroatoms. The third-order valence-corrected chi connectivity index (χ3v) is 3.06. The first-order valence-corrected chi connectivity index (χ1v) is 6.95.